The van der Waals surface area contributed by atoms with Gasteiger partial charge < -0.3 is 9.80 Å². The highest BCUT2D eigenvalue weighted by Crippen LogP contribution is 2.61. The zero-order valence-corrected chi connectivity index (χ0v) is 40.4. The Hall–Kier alpha value is -7.94. The van der Waals surface area contributed by atoms with Gasteiger partial charge in [0.1, 0.15) is 0 Å². The molecule has 3 unspecified atom stereocenters. The van der Waals surface area contributed by atoms with E-state index in [9.17, 15) is 0 Å². The first-order chi connectivity index (χ1) is 35.0. The second-order valence-corrected chi connectivity index (χ2v) is 21.5. The van der Waals surface area contributed by atoms with Gasteiger partial charge in [-0.3, -0.25) is 0 Å². The lowest BCUT2D eigenvalue weighted by atomic mass is 9.69. The monoisotopic (exact) mass is 910 g/mol. The Balaban J connectivity index is 1.07. The van der Waals surface area contributed by atoms with Gasteiger partial charge in [-0.2, -0.15) is 0 Å². The summed E-state index contributed by atoms with van der Waals surface area (Å²) in [6.45, 7) is 5.06. The molecule has 3 atom stereocenters. The van der Waals surface area contributed by atoms with Gasteiger partial charge in [0.05, 0.1) is 0 Å². The fraction of sp³-hybridized carbons (Fsp3) is 0.159. The van der Waals surface area contributed by atoms with Crippen molar-refractivity contribution >= 4 is 77.1 Å². The fourth-order valence-electron chi connectivity index (χ4n) is 14.2. The second-order valence-electron chi connectivity index (χ2n) is 21.5. The molecule has 0 bridgehead atoms. The van der Waals surface area contributed by atoms with Gasteiger partial charge in [0, 0.05) is 52.9 Å². The highest BCUT2D eigenvalue weighted by Gasteiger charge is 2.51. The summed E-state index contributed by atoms with van der Waals surface area (Å²) >= 11 is 0. The van der Waals surface area contributed by atoms with Crippen molar-refractivity contribution in [2.45, 2.75) is 46.0 Å². The van der Waals surface area contributed by atoms with Crippen LogP contribution in [0.4, 0.5) is 28.4 Å². The molecular weight excluding hydrogens is 857 g/mol. The van der Waals surface area contributed by atoms with Gasteiger partial charge in [0.2, 0.25) is 0 Å². The standard InChI is InChI=1S/C69H54N2/c1-69(2)61-26-12-11-25-54(61)55-34-31-48(40-62(55)69)67-56-35-32-50(71-65-29-15-6-20-46(65)38-47-21-7-16-30-66(47)71)42-60(56)68(58-39-43-17-3-8-22-51(43)52-23-9-10-24-53(52)58)57-36-33-49(41-59(57)67)70-63-27-13-4-18-44(63)37-45-19-5-14-28-64(45)70/h3-15,17-29,31-36,39,41-42,54,61-62H,16,30,37-38,40H2,1-2H3. The quantitative estimate of drug-likeness (QED) is 0.128. The average molecular weight is 911 g/mol. The molecule has 0 amide bonds. The van der Waals surface area contributed by atoms with Crippen LogP contribution in [0, 0.1) is 23.2 Å². The van der Waals surface area contributed by atoms with E-state index in [4.69, 9.17) is 0 Å². The first-order valence-electron chi connectivity index (χ1n) is 25.9. The van der Waals surface area contributed by atoms with Crippen molar-refractivity contribution in [3.05, 3.63) is 251 Å². The van der Waals surface area contributed by atoms with Crippen LogP contribution >= 0.6 is 0 Å². The van der Waals surface area contributed by atoms with E-state index in [0.717, 1.165) is 32.1 Å². The molecule has 9 aromatic rings. The Morgan fingerprint density at radius 1 is 0.507 bits per heavy atom. The first-order valence-corrected chi connectivity index (χ1v) is 25.9. The molecule has 1 fully saturated rings. The zero-order valence-electron chi connectivity index (χ0n) is 40.4. The van der Waals surface area contributed by atoms with Crippen LogP contribution in [0.25, 0.3) is 59.8 Å². The molecule has 2 nitrogen and oxygen atoms in total. The summed E-state index contributed by atoms with van der Waals surface area (Å²) in [5, 5.41) is 10.3. The van der Waals surface area contributed by atoms with Crippen LogP contribution < -0.4 is 9.80 Å². The van der Waals surface area contributed by atoms with E-state index in [2.05, 4.69) is 236 Å². The Morgan fingerprint density at radius 2 is 1.11 bits per heavy atom. The summed E-state index contributed by atoms with van der Waals surface area (Å²) in [6, 6.07) is 62.7. The van der Waals surface area contributed by atoms with E-state index in [0.29, 0.717) is 17.8 Å². The summed E-state index contributed by atoms with van der Waals surface area (Å²) in [5.74, 6) is 1.37. The number of benzene rings is 9. The highest BCUT2D eigenvalue weighted by atomic mass is 15.2. The number of fused-ring (bicyclic) bond motifs is 11. The molecule has 0 radical (unpaired) electrons. The maximum absolute atomic E-state index is 2.61. The van der Waals surface area contributed by atoms with Gasteiger partial charge in [-0.25, -0.2) is 0 Å². The van der Waals surface area contributed by atoms with Crippen LogP contribution in [0.1, 0.15) is 55.4 Å². The number of para-hydroxylation sites is 3. The molecule has 0 saturated heterocycles. The van der Waals surface area contributed by atoms with Crippen molar-refractivity contribution in [2.24, 2.45) is 23.2 Å². The second kappa shape index (κ2) is 15.5. The van der Waals surface area contributed by atoms with Crippen LogP contribution in [-0.2, 0) is 12.8 Å². The van der Waals surface area contributed by atoms with Gasteiger partial charge in [-0.1, -0.05) is 183 Å². The Morgan fingerprint density at radius 3 is 1.87 bits per heavy atom. The predicted octanol–water partition coefficient (Wildman–Crippen LogP) is 18.4. The Kier molecular flexibility index (Phi) is 8.95. The molecule has 0 spiro atoms. The lowest BCUT2D eigenvalue weighted by molar-refractivity contribution is 0.220. The Labute approximate surface area is 416 Å². The number of hydrogen-bond donors (Lipinski definition) is 0. The first kappa shape index (κ1) is 40.9. The van der Waals surface area contributed by atoms with E-state index in [1.807, 2.05) is 0 Å². The van der Waals surface area contributed by atoms with Gasteiger partial charge in [0.25, 0.3) is 0 Å². The van der Waals surface area contributed by atoms with E-state index in [1.54, 1.807) is 5.57 Å². The molecule has 0 aromatic heterocycles. The third-order valence-electron chi connectivity index (χ3n) is 17.5. The van der Waals surface area contributed by atoms with Crippen LogP contribution in [0.2, 0.25) is 0 Å². The summed E-state index contributed by atoms with van der Waals surface area (Å²) in [6.07, 6.45) is 24.3. The molecule has 4 aliphatic carbocycles. The van der Waals surface area contributed by atoms with Crippen molar-refractivity contribution < 1.29 is 0 Å². The van der Waals surface area contributed by atoms with Gasteiger partial charge in [-0.05, 0) is 173 Å². The zero-order chi connectivity index (χ0) is 47.0. The molecule has 9 aromatic carbocycles. The topological polar surface area (TPSA) is 6.48 Å². The van der Waals surface area contributed by atoms with Crippen LogP contribution in [0.15, 0.2) is 229 Å². The minimum Gasteiger partial charge on any atom is -0.314 e. The van der Waals surface area contributed by atoms with Gasteiger partial charge in [-0.15, -0.1) is 0 Å². The van der Waals surface area contributed by atoms with E-state index < -0.39 is 0 Å². The minimum atomic E-state index is 0.105. The summed E-state index contributed by atoms with van der Waals surface area (Å²) < 4.78 is 0. The normalized spacial score (nSPS) is 20.4. The third-order valence-corrected chi connectivity index (χ3v) is 17.5. The summed E-state index contributed by atoms with van der Waals surface area (Å²) in [5.41, 5.74) is 20.2. The molecule has 6 aliphatic rings. The third kappa shape index (κ3) is 6.07. The SMILES string of the molecule is CC1(C)C2CC(c3c4cc(N5c6ccccc6Cc6ccccc65)ccc4c(-c4cc5ccccc5c5ccccc45)c4cc(N5C6=C(C=CCC6)Cc6ccccc65)ccc34)=CC=C2C2C=CC=CC21. The molecule has 2 heterocycles. The number of hydrogen-bond acceptors (Lipinski definition) is 2. The van der Waals surface area contributed by atoms with Crippen LogP contribution in [0.5, 0.6) is 0 Å². The predicted molar refractivity (Wildman–Crippen MR) is 300 cm³/mol. The number of anilines is 5. The van der Waals surface area contributed by atoms with Crippen molar-refractivity contribution in [1.82, 2.24) is 0 Å². The molecule has 340 valence electrons. The molecule has 15 rings (SSSR count). The average Bonchev–Trinajstić information content (AvgIpc) is 3.65. The van der Waals surface area contributed by atoms with Crippen molar-refractivity contribution in [3.8, 4) is 11.1 Å². The number of rotatable bonds is 4. The van der Waals surface area contributed by atoms with Gasteiger partial charge >= 0.3 is 0 Å². The molecule has 0 N–H and O–H groups in total. The molecule has 2 heteroatoms. The van der Waals surface area contributed by atoms with Crippen LogP contribution in [-0.4, -0.2) is 0 Å². The smallest absolute Gasteiger partial charge is 0.0497 e. The Bertz CT molecular complexity index is 3930. The lowest BCUT2D eigenvalue weighted by Crippen LogP contribution is -2.26. The minimum absolute atomic E-state index is 0.105. The summed E-state index contributed by atoms with van der Waals surface area (Å²) in [4.78, 5) is 5.14. The van der Waals surface area contributed by atoms with E-state index in [-0.39, 0.29) is 5.41 Å². The van der Waals surface area contributed by atoms with E-state index >= 15 is 0 Å². The van der Waals surface area contributed by atoms with Gasteiger partial charge in [0.15, 0.2) is 0 Å². The molecule has 2 aliphatic heterocycles. The van der Waals surface area contributed by atoms with Crippen molar-refractivity contribution in [3.63, 3.8) is 0 Å². The lowest BCUT2D eigenvalue weighted by Gasteiger charge is -2.37. The largest absolute Gasteiger partial charge is 0.314 e. The molecular formula is C69H54N2. The van der Waals surface area contributed by atoms with Crippen LogP contribution in [0.3, 0.4) is 0 Å². The van der Waals surface area contributed by atoms with Crippen molar-refractivity contribution in [2.75, 3.05) is 9.80 Å². The maximum Gasteiger partial charge on any atom is 0.0497 e. The van der Waals surface area contributed by atoms with Crippen molar-refractivity contribution in [1.29, 1.82) is 0 Å². The molecule has 71 heavy (non-hydrogen) atoms. The highest BCUT2D eigenvalue weighted by molar-refractivity contribution is 6.25. The number of allylic oxidation sites excluding steroid dienone is 12. The number of nitrogens with zero attached hydrogens (tertiary/aromatic N) is 2. The summed E-state index contributed by atoms with van der Waals surface area (Å²) in [7, 11) is 0. The van der Waals surface area contributed by atoms with E-state index in [1.165, 1.54) is 122 Å². The molecule has 1 saturated carbocycles. The maximum atomic E-state index is 2.61. The fourth-order valence-corrected chi connectivity index (χ4v) is 14.2.